The molecule has 1 aromatic heterocycles. The van der Waals surface area contributed by atoms with Crippen molar-refractivity contribution in [2.45, 2.75) is 33.1 Å². The summed E-state index contributed by atoms with van der Waals surface area (Å²) < 4.78 is 6.79. The first-order valence-electron chi connectivity index (χ1n) is 8.65. The van der Waals surface area contributed by atoms with Crippen molar-refractivity contribution < 1.29 is 9.21 Å². The molecule has 3 aromatic rings. The Labute approximate surface area is 161 Å². The third-order valence-electron chi connectivity index (χ3n) is 4.25. The van der Waals surface area contributed by atoms with Gasteiger partial charge in [0.25, 0.3) is 0 Å². The van der Waals surface area contributed by atoms with E-state index in [0.29, 0.717) is 24.5 Å². The van der Waals surface area contributed by atoms with E-state index < -0.39 is 0 Å². The summed E-state index contributed by atoms with van der Waals surface area (Å²) in [6, 6.07) is 13.9. The predicted molar refractivity (Wildman–Crippen MR) is 107 cm³/mol. The number of oxazole rings is 1. The van der Waals surface area contributed by atoms with Crippen LogP contribution in [0.1, 0.15) is 30.4 Å². The molecular formula is C21H21BrN2O2. The summed E-state index contributed by atoms with van der Waals surface area (Å²) in [5, 5.41) is 3.03. The average Bonchev–Trinajstić information content (AvgIpc) is 3.11. The molecule has 0 atom stereocenters. The van der Waals surface area contributed by atoms with Crippen molar-refractivity contribution >= 4 is 27.5 Å². The van der Waals surface area contributed by atoms with E-state index in [-0.39, 0.29) is 5.91 Å². The minimum Gasteiger partial charge on any atom is -0.441 e. The van der Waals surface area contributed by atoms with Gasteiger partial charge in [0.2, 0.25) is 5.91 Å². The summed E-state index contributed by atoms with van der Waals surface area (Å²) in [6.45, 7) is 4.09. The number of anilines is 1. The highest BCUT2D eigenvalue weighted by molar-refractivity contribution is 9.10. The van der Waals surface area contributed by atoms with Crippen molar-refractivity contribution in [3.05, 3.63) is 70.2 Å². The van der Waals surface area contributed by atoms with Gasteiger partial charge in [-0.15, -0.1) is 0 Å². The molecular weight excluding hydrogens is 392 g/mol. The van der Waals surface area contributed by atoms with Crippen molar-refractivity contribution in [1.29, 1.82) is 0 Å². The number of hydrogen-bond acceptors (Lipinski definition) is 3. The third-order valence-corrected chi connectivity index (χ3v) is 4.78. The third kappa shape index (κ3) is 4.41. The number of nitrogens with one attached hydrogen (secondary N) is 1. The summed E-state index contributed by atoms with van der Waals surface area (Å²) in [4.78, 5) is 16.6. The lowest BCUT2D eigenvalue weighted by atomic mass is 10.1. The van der Waals surface area contributed by atoms with Gasteiger partial charge in [-0.3, -0.25) is 4.79 Å². The Balaban J connectivity index is 1.61. The molecule has 0 saturated heterocycles. The lowest BCUT2D eigenvalue weighted by Crippen LogP contribution is -2.14. The summed E-state index contributed by atoms with van der Waals surface area (Å²) in [5.74, 6) is 1.25. The SMILES string of the molecule is CCc1cccc(C)c1NC(=O)CCc1ncc(-c2ccc(Br)cc2)o1. The summed E-state index contributed by atoms with van der Waals surface area (Å²) >= 11 is 3.42. The number of rotatable bonds is 6. The van der Waals surface area contributed by atoms with E-state index in [4.69, 9.17) is 4.42 Å². The molecule has 1 amide bonds. The Morgan fingerprint density at radius 3 is 2.69 bits per heavy atom. The average molecular weight is 413 g/mol. The molecule has 0 saturated carbocycles. The lowest BCUT2D eigenvalue weighted by molar-refractivity contribution is -0.116. The van der Waals surface area contributed by atoms with Gasteiger partial charge in [-0.25, -0.2) is 4.98 Å². The van der Waals surface area contributed by atoms with Crippen LogP contribution in [0.3, 0.4) is 0 Å². The fraction of sp³-hybridized carbons (Fsp3) is 0.238. The van der Waals surface area contributed by atoms with Gasteiger partial charge in [-0.2, -0.15) is 0 Å². The molecule has 0 bridgehead atoms. The van der Waals surface area contributed by atoms with Crippen molar-refractivity contribution in [2.24, 2.45) is 0 Å². The Morgan fingerprint density at radius 2 is 1.96 bits per heavy atom. The second-order valence-electron chi connectivity index (χ2n) is 6.14. The quantitative estimate of drug-likeness (QED) is 0.577. The number of amides is 1. The molecule has 0 fully saturated rings. The summed E-state index contributed by atoms with van der Waals surface area (Å²) in [5.41, 5.74) is 4.10. The Morgan fingerprint density at radius 1 is 1.19 bits per heavy atom. The van der Waals surface area contributed by atoms with Crippen LogP contribution in [0, 0.1) is 6.92 Å². The van der Waals surface area contributed by atoms with Gasteiger partial charge in [0.15, 0.2) is 11.7 Å². The summed E-state index contributed by atoms with van der Waals surface area (Å²) in [6.07, 6.45) is 3.38. The standard InChI is InChI=1S/C21H21BrN2O2/c1-3-15-6-4-5-14(2)21(15)24-19(25)11-12-20-23-13-18(26-20)16-7-9-17(22)10-8-16/h4-10,13H,3,11-12H2,1-2H3,(H,24,25). The topological polar surface area (TPSA) is 55.1 Å². The van der Waals surface area contributed by atoms with Crippen LogP contribution in [-0.4, -0.2) is 10.9 Å². The van der Waals surface area contributed by atoms with Crippen LogP contribution in [0.25, 0.3) is 11.3 Å². The maximum Gasteiger partial charge on any atom is 0.224 e. The molecule has 134 valence electrons. The van der Waals surface area contributed by atoms with E-state index in [1.165, 1.54) is 0 Å². The van der Waals surface area contributed by atoms with Gasteiger partial charge in [-0.1, -0.05) is 53.2 Å². The number of hydrogen-bond donors (Lipinski definition) is 1. The van der Waals surface area contributed by atoms with Crippen LogP contribution < -0.4 is 5.32 Å². The van der Waals surface area contributed by atoms with E-state index in [2.05, 4.69) is 33.2 Å². The molecule has 1 N–H and O–H groups in total. The van der Waals surface area contributed by atoms with E-state index in [0.717, 1.165) is 33.3 Å². The molecule has 0 unspecified atom stereocenters. The van der Waals surface area contributed by atoms with Crippen molar-refractivity contribution in [3.63, 3.8) is 0 Å². The molecule has 26 heavy (non-hydrogen) atoms. The summed E-state index contributed by atoms with van der Waals surface area (Å²) in [7, 11) is 0. The Kier molecular flexibility index (Phi) is 5.89. The van der Waals surface area contributed by atoms with Crippen LogP contribution in [0.2, 0.25) is 0 Å². The molecule has 0 spiro atoms. The minimum atomic E-state index is -0.0302. The molecule has 3 rings (SSSR count). The number of nitrogens with zero attached hydrogens (tertiary/aromatic N) is 1. The highest BCUT2D eigenvalue weighted by Gasteiger charge is 2.11. The first kappa shape index (κ1) is 18.4. The first-order chi connectivity index (χ1) is 12.6. The minimum absolute atomic E-state index is 0.0302. The number of benzene rings is 2. The van der Waals surface area contributed by atoms with Gasteiger partial charge >= 0.3 is 0 Å². The Hall–Kier alpha value is -2.40. The van der Waals surface area contributed by atoms with Gasteiger partial charge in [0.05, 0.1) is 6.20 Å². The van der Waals surface area contributed by atoms with Gasteiger partial charge in [0.1, 0.15) is 0 Å². The first-order valence-corrected chi connectivity index (χ1v) is 9.45. The normalized spacial score (nSPS) is 10.7. The fourth-order valence-electron chi connectivity index (χ4n) is 2.80. The zero-order valence-electron chi connectivity index (χ0n) is 14.9. The van der Waals surface area contributed by atoms with Crippen LogP contribution in [0.15, 0.2) is 57.6 Å². The highest BCUT2D eigenvalue weighted by atomic mass is 79.9. The van der Waals surface area contributed by atoms with Crippen molar-refractivity contribution in [1.82, 2.24) is 4.98 Å². The van der Waals surface area contributed by atoms with Crippen LogP contribution in [-0.2, 0) is 17.6 Å². The lowest BCUT2D eigenvalue weighted by Gasteiger charge is -2.12. The predicted octanol–water partition coefficient (Wildman–Crippen LogP) is 5.55. The zero-order valence-corrected chi connectivity index (χ0v) is 16.5. The van der Waals surface area contributed by atoms with Gasteiger partial charge < -0.3 is 9.73 Å². The molecule has 1 heterocycles. The second kappa shape index (κ2) is 8.32. The maximum absolute atomic E-state index is 12.3. The largest absolute Gasteiger partial charge is 0.441 e. The number of carbonyl (C=O) groups is 1. The number of aromatic nitrogens is 1. The fourth-order valence-corrected chi connectivity index (χ4v) is 3.06. The molecule has 2 aromatic carbocycles. The number of halogens is 1. The Bertz CT molecular complexity index is 901. The van der Waals surface area contributed by atoms with Gasteiger partial charge in [0, 0.05) is 28.6 Å². The zero-order chi connectivity index (χ0) is 18.5. The number of carbonyl (C=O) groups excluding carboxylic acids is 1. The number of aryl methyl sites for hydroxylation is 3. The molecule has 0 radical (unpaired) electrons. The van der Waals surface area contributed by atoms with Crippen LogP contribution >= 0.6 is 15.9 Å². The second-order valence-corrected chi connectivity index (χ2v) is 7.05. The number of para-hydroxylation sites is 1. The molecule has 0 aliphatic carbocycles. The van der Waals surface area contributed by atoms with E-state index >= 15 is 0 Å². The van der Waals surface area contributed by atoms with E-state index in [1.807, 2.05) is 49.4 Å². The maximum atomic E-state index is 12.3. The molecule has 4 nitrogen and oxygen atoms in total. The van der Waals surface area contributed by atoms with Crippen LogP contribution in [0.4, 0.5) is 5.69 Å². The highest BCUT2D eigenvalue weighted by Crippen LogP contribution is 2.24. The van der Waals surface area contributed by atoms with E-state index in [1.54, 1.807) is 6.20 Å². The smallest absolute Gasteiger partial charge is 0.224 e. The van der Waals surface area contributed by atoms with Gasteiger partial charge in [-0.05, 0) is 36.6 Å². The van der Waals surface area contributed by atoms with Crippen molar-refractivity contribution in [3.8, 4) is 11.3 Å². The monoisotopic (exact) mass is 412 g/mol. The molecule has 0 aliphatic heterocycles. The molecule has 0 aliphatic rings. The molecule has 5 heteroatoms. The van der Waals surface area contributed by atoms with Crippen LogP contribution in [0.5, 0.6) is 0 Å². The van der Waals surface area contributed by atoms with E-state index in [9.17, 15) is 4.79 Å². The van der Waals surface area contributed by atoms with Crippen molar-refractivity contribution in [2.75, 3.05) is 5.32 Å².